The predicted molar refractivity (Wildman–Crippen MR) is 62.3 cm³/mol. The molecular formula is C12H12N2O3. The number of carboxylic acid groups (broad SMARTS) is 1. The summed E-state index contributed by atoms with van der Waals surface area (Å²) in [4.78, 5) is 24.9. The lowest BCUT2D eigenvalue weighted by atomic mass is 10.1. The molecule has 17 heavy (non-hydrogen) atoms. The average Bonchev–Trinajstić information content (AvgIpc) is 2.61. The molecule has 1 aromatic carbocycles. The van der Waals surface area contributed by atoms with E-state index in [1.807, 2.05) is 6.92 Å². The van der Waals surface area contributed by atoms with Crippen LogP contribution in [-0.2, 0) is 6.54 Å². The third kappa shape index (κ3) is 2.28. The van der Waals surface area contributed by atoms with Crippen LogP contribution >= 0.6 is 0 Å². The van der Waals surface area contributed by atoms with Gasteiger partial charge in [0.05, 0.1) is 12.1 Å². The third-order valence-electron chi connectivity index (χ3n) is 2.59. The van der Waals surface area contributed by atoms with Gasteiger partial charge in [0, 0.05) is 11.9 Å². The number of aromatic carboxylic acids is 1. The van der Waals surface area contributed by atoms with Crippen LogP contribution in [0, 0.1) is 6.92 Å². The van der Waals surface area contributed by atoms with Crippen LogP contribution in [0.4, 0.5) is 0 Å². The Morgan fingerprint density at radius 2 is 2.24 bits per heavy atom. The predicted octanol–water partition coefficient (Wildman–Crippen LogP) is 1.23. The Balaban J connectivity index is 2.34. The molecule has 5 heteroatoms. The molecule has 0 aliphatic carbocycles. The molecule has 1 aromatic heterocycles. The van der Waals surface area contributed by atoms with Crippen molar-refractivity contribution in [3.8, 4) is 0 Å². The number of hydrogen-bond donors (Lipinski definition) is 2. The molecule has 0 aliphatic heterocycles. The van der Waals surface area contributed by atoms with Crippen molar-refractivity contribution in [1.82, 2.24) is 9.55 Å². The normalized spacial score (nSPS) is 10.4. The largest absolute Gasteiger partial charge is 0.478 e. The molecule has 0 spiro atoms. The van der Waals surface area contributed by atoms with Crippen LogP contribution in [0.5, 0.6) is 0 Å². The Kier molecular flexibility index (Phi) is 2.82. The fourth-order valence-corrected chi connectivity index (χ4v) is 1.66. The van der Waals surface area contributed by atoms with Gasteiger partial charge in [-0.15, -0.1) is 0 Å². The molecule has 2 rings (SSSR count). The second-order valence-corrected chi connectivity index (χ2v) is 3.83. The number of carboxylic acids is 1. The maximum atomic E-state index is 11.5. The van der Waals surface area contributed by atoms with Crippen molar-refractivity contribution in [3.63, 3.8) is 0 Å². The number of carbonyl (C=O) groups is 1. The molecule has 0 radical (unpaired) electrons. The number of rotatable bonds is 3. The van der Waals surface area contributed by atoms with Crippen molar-refractivity contribution in [3.05, 3.63) is 57.8 Å². The highest BCUT2D eigenvalue weighted by molar-refractivity contribution is 5.87. The standard InChI is InChI=1S/C12H12N2O3/c1-8-6-13-12(17)14(8)7-9-3-2-4-10(5-9)11(15)16/h2-6H,7H2,1H3,(H,13,17)(H,15,16). The van der Waals surface area contributed by atoms with Crippen molar-refractivity contribution in [2.45, 2.75) is 13.5 Å². The quantitative estimate of drug-likeness (QED) is 0.835. The van der Waals surface area contributed by atoms with Crippen LogP contribution in [0.1, 0.15) is 21.6 Å². The summed E-state index contributed by atoms with van der Waals surface area (Å²) in [5.41, 5.74) is 1.64. The van der Waals surface area contributed by atoms with Gasteiger partial charge in [-0.05, 0) is 24.6 Å². The number of aromatic nitrogens is 2. The van der Waals surface area contributed by atoms with E-state index in [0.29, 0.717) is 6.54 Å². The first-order valence-electron chi connectivity index (χ1n) is 5.15. The third-order valence-corrected chi connectivity index (χ3v) is 2.59. The van der Waals surface area contributed by atoms with Crippen molar-refractivity contribution in [1.29, 1.82) is 0 Å². The van der Waals surface area contributed by atoms with Crippen molar-refractivity contribution < 1.29 is 9.90 Å². The topological polar surface area (TPSA) is 75.1 Å². The van der Waals surface area contributed by atoms with E-state index in [9.17, 15) is 9.59 Å². The first kappa shape index (κ1) is 11.2. The molecule has 88 valence electrons. The molecule has 0 bridgehead atoms. The number of H-pyrrole nitrogens is 1. The Hall–Kier alpha value is -2.30. The van der Waals surface area contributed by atoms with E-state index >= 15 is 0 Å². The van der Waals surface area contributed by atoms with Gasteiger partial charge in [-0.25, -0.2) is 9.59 Å². The zero-order chi connectivity index (χ0) is 12.4. The summed E-state index contributed by atoms with van der Waals surface area (Å²) in [6.07, 6.45) is 1.63. The van der Waals surface area contributed by atoms with Gasteiger partial charge in [0.25, 0.3) is 0 Å². The summed E-state index contributed by atoms with van der Waals surface area (Å²) in [5.74, 6) is -0.968. The van der Waals surface area contributed by atoms with E-state index in [1.54, 1.807) is 29.0 Å². The van der Waals surface area contributed by atoms with E-state index in [2.05, 4.69) is 4.98 Å². The zero-order valence-electron chi connectivity index (χ0n) is 9.30. The Labute approximate surface area is 97.3 Å². The van der Waals surface area contributed by atoms with Crippen molar-refractivity contribution in [2.75, 3.05) is 0 Å². The van der Waals surface area contributed by atoms with Gasteiger partial charge in [-0.3, -0.25) is 4.57 Å². The lowest BCUT2D eigenvalue weighted by molar-refractivity contribution is 0.0697. The monoisotopic (exact) mass is 232 g/mol. The van der Waals surface area contributed by atoms with E-state index in [1.165, 1.54) is 6.07 Å². The van der Waals surface area contributed by atoms with Gasteiger partial charge in [0.1, 0.15) is 0 Å². The summed E-state index contributed by atoms with van der Waals surface area (Å²) in [6.45, 7) is 2.19. The average molecular weight is 232 g/mol. The molecule has 0 unspecified atom stereocenters. The maximum Gasteiger partial charge on any atom is 0.335 e. The number of benzene rings is 1. The van der Waals surface area contributed by atoms with Crippen molar-refractivity contribution >= 4 is 5.97 Å². The van der Waals surface area contributed by atoms with Gasteiger partial charge in [-0.1, -0.05) is 12.1 Å². The minimum Gasteiger partial charge on any atom is -0.478 e. The zero-order valence-corrected chi connectivity index (χ0v) is 9.30. The number of aromatic amines is 1. The second kappa shape index (κ2) is 4.29. The van der Waals surface area contributed by atoms with Crippen LogP contribution < -0.4 is 5.69 Å². The minimum absolute atomic E-state index is 0.191. The number of imidazole rings is 1. The van der Waals surface area contributed by atoms with Gasteiger partial charge in [0.15, 0.2) is 0 Å². The summed E-state index contributed by atoms with van der Waals surface area (Å²) in [5, 5.41) is 8.87. The molecular weight excluding hydrogens is 220 g/mol. The highest BCUT2D eigenvalue weighted by atomic mass is 16.4. The molecule has 1 heterocycles. The van der Waals surface area contributed by atoms with E-state index in [0.717, 1.165) is 11.3 Å². The molecule has 0 saturated carbocycles. The lowest BCUT2D eigenvalue weighted by Gasteiger charge is -2.05. The fourth-order valence-electron chi connectivity index (χ4n) is 1.66. The van der Waals surface area contributed by atoms with Gasteiger partial charge in [-0.2, -0.15) is 0 Å². The molecule has 2 N–H and O–H groups in total. The molecule has 0 amide bonds. The van der Waals surface area contributed by atoms with Gasteiger partial charge in [0.2, 0.25) is 0 Å². The maximum absolute atomic E-state index is 11.5. The number of hydrogen-bond acceptors (Lipinski definition) is 2. The molecule has 0 atom stereocenters. The summed E-state index contributed by atoms with van der Waals surface area (Å²) < 4.78 is 1.56. The van der Waals surface area contributed by atoms with Crippen LogP contribution in [0.3, 0.4) is 0 Å². The summed E-state index contributed by atoms with van der Waals surface area (Å²) in [6, 6.07) is 6.57. The highest BCUT2D eigenvalue weighted by Gasteiger charge is 2.06. The molecule has 5 nitrogen and oxygen atoms in total. The Morgan fingerprint density at radius 3 is 2.82 bits per heavy atom. The number of nitrogens with zero attached hydrogens (tertiary/aromatic N) is 1. The van der Waals surface area contributed by atoms with Crippen molar-refractivity contribution in [2.24, 2.45) is 0 Å². The van der Waals surface area contributed by atoms with Crippen LogP contribution in [-0.4, -0.2) is 20.6 Å². The Morgan fingerprint density at radius 1 is 1.47 bits per heavy atom. The molecule has 0 fully saturated rings. The summed E-state index contributed by atoms with van der Waals surface area (Å²) >= 11 is 0. The highest BCUT2D eigenvalue weighted by Crippen LogP contribution is 2.07. The SMILES string of the molecule is Cc1c[nH]c(=O)n1Cc1cccc(C(=O)O)c1. The first-order chi connectivity index (χ1) is 8.08. The fraction of sp³-hybridized carbons (Fsp3) is 0.167. The lowest BCUT2D eigenvalue weighted by Crippen LogP contribution is -2.18. The van der Waals surface area contributed by atoms with E-state index in [4.69, 9.17) is 5.11 Å². The van der Waals surface area contributed by atoms with E-state index in [-0.39, 0.29) is 11.3 Å². The minimum atomic E-state index is -0.968. The molecule has 2 aromatic rings. The number of nitrogens with one attached hydrogen (secondary N) is 1. The van der Waals surface area contributed by atoms with Crippen LogP contribution in [0.15, 0.2) is 35.3 Å². The van der Waals surface area contributed by atoms with Gasteiger partial charge >= 0.3 is 11.7 Å². The first-order valence-corrected chi connectivity index (χ1v) is 5.15. The number of aryl methyl sites for hydroxylation is 1. The molecule has 0 saturated heterocycles. The smallest absolute Gasteiger partial charge is 0.335 e. The summed E-state index contributed by atoms with van der Waals surface area (Å²) in [7, 11) is 0. The van der Waals surface area contributed by atoms with Gasteiger partial charge < -0.3 is 10.1 Å². The second-order valence-electron chi connectivity index (χ2n) is 3.83. The Bertz CT molecular complexity index is 610. The van der Waals surface area contributed by atoms with E-state index < -0.39 is 5.97 Å². The van der Waals surface area contributed by atoms with Crippen LogP contribution in [0.2, 0.25) is 0 Å². The van der Waals surface area contributed by atoms with Crippen LogP contribution in [0.25, 0.3) is 0 Å². The molecule has 0 aliphatic rings.